The van der Waals surface area contributed by atoms with Crippen molar-refractivity contribution in [2.24, 2.45) is 5.92 Å². The van der Waals surface area contributed by atoms with Gasteiger partial charge in [-0.05, 0) is 24.5 Å². The first-order valence-electron chi connectivity index (χ1n) is 7.40. The van der Waals surface area contributed by atoms with Crippen molar-refractivity contribution >= 4 is 28.5 Å². The fourth-order valence-corrected chi connectivity index (χ4v) is 2.48. The SMILES string of the molecule is CCCCC(CC)CNc1nc2ccccc2nc1Cl. The molecule has 108 valence electrons. The number of fused-ring (bicyclic) bond motifs is 1. The van der Waals surface area contributed by atoms with Crippen LogP contribution in [-0.2, 0) is 0 Å². The Balaban J connectivity index is 2.07. The zero-order chi connectivity index (χ0) is 14.4. The molecule has 1 N–H and O–H groups in total. The van der Waals surface area contributed by atoms with Crippen molar-refractivity contribution in [3.63, 3.8) is 0 Å². The molecule has 1 aromatic carbocycles. The van der Waals surface area contributed by atoms with Gasteiger partial charge in [0.15, 0.2) is 11.0 Å². The van der Waals surface area contributed by atoms with Crippen LogP contribution in [-0.4, -0.2) is 16.5 Å². The molecule has 1 atom stereocenters. The molecule has 0 aliphatic heterocycles. The van der Waals surface area contributed by atoms with Crippen molar-refractivity contribution in [3.05, 3.63) is 29.4 Å². The van der Waals surface area contributed by atoms with E-state index in [1.807, 2.05) is 24.3 Å². The zero-order valence-electron chi connectivity index (χ0n) is 12.2. The van der Waals surface area contributed by atoms with Crippen LogP contribution < -0.4 is 5.32 Å². The zero-order valence-corrected chi connectivity index (χ0v) is 13.0. The van der Waals surface area contributed by atoms with Crippen LogP contribution in [0.5, 0.6) is 0 Å². The van der Waals surface area contributed by atoms with Gasteiger partial charge in [0.1, 0.15) is 0 Å². The Labute approximate surface area is 125 Å². The molecule has 1 aromatic heterocycles. The standard InChI is InChI=1S/C16H22ClN3/c1-3-5-8-12(4-2)11-18-16-15(17)19-13-9-6-7-10-14(13)20-16/h6-7,9-10,12H,3-5,8,11H2,1-2H3,(H,18,20). The first kappa shape index (κ1) is 15.0. The molecule has 1 unspecified atom stereocenters. The maximum absolute atomic E-state index is 6.20. The minimum absolute atomic E-state index is 0.453. The van der Waals surface area contributed by atoms with E-state index in [9.17, 15) is 0 Å². The van der Waals surface area contributed by atoms with E-state index in [4.69, 9.17) is 11.6 Å². The first-order chi connectivity index (χ1) is 9.74. The minimum atomic E-state index is 0.453. The van der Waals surface area contributed by atoms with Crippen molar-refractivity contribution in [2.75, 3.05) is 11.9 Å². The van der Waals surface area contributed by atoms with Crippen molar-refractivity contribution in [1.82, 2.24) is 9.97 Å². The number of anilines is 1. The van der Waals surface area contributed by atoms with Gasteiger partial charge in [0, 0.05) is 6.54 Å². The molecule has 0 aliphatic carbocycles. The summed E-state index contributed by atoms with van der Waals surface area (Å²) in [6.45, 7) is 5.37. The molecule has 20 heavy (non-hydrogen) atoms. The summed E-state index contributed by atoms with van der Waals surface area (Å²) < 4.78 is 0. The highest BCUT2D eigenvalue weighted by Gasteiger charge is 2.10. The van der Waals surface area contributed by atoms with Crippen LogP contribution >= 0.6 is 11.6 Å². The van der Waals surface area contributed by atoms with E-state index in [0.717, 1.165) is 17.6 Å². The number of unbranched alkanes of at least 4 members (excludes halogenated alkanes) is 1. The number of aromatic nitrogens is 2. The Morgan fingerprint density at radius 1 is 1.15 bits per heavy atom. The molecule has 1 heterocycles. The van der Waals surface area contributed by atoms with Gasteiger partial charge >= 0.3 is 0 Å². The molecule has 2 rings (SSSR count). The van der Waals surface area contributed by atoms with E-state index in [-0.39, 0.29) is 0 Å². The Morgan fingerprint density at radius 3 is 2.50 bits per heavy atom. The highest BCUT2D eigenvalue weighted by molar-refractivity contribution is 6.32. The van der Waals surface area contributed by atoms with Crippen molar-refractivity contribution in [2.45, 2.75) is 39.5 Å². The summed E-state index contributed by atoms with van der Waals surface area (Å²) in [5.74, 6) is 1.36. The van der Waals surface area contributed by atoms with Crippen LogP contribution in [0.15, 0.2) is 24.3 Å². The topological polar surface area (TPSA) is 37.8 Å². The van der Waals surface area contributed by atoms with Gasteiger partial charge in [0.25, 0.3) is 0 Å². The fourth-order valence-electron chi connectivity index (χ4n) is 2.28. The maximum Gasteiger partial charge on any atom is 0.172 e. The number of hydrogen-bond acceptors (Lipinski definition) is 3. The van der Waals surface area contributed by atoms with Crippen LogP contribution in [0.2, 0.25) is 5.15 Å². The molecule has 0 spiro atoms. The third-order valence-electron chi connectivity index (χ3n) is 3.63. The minimum Gasteiger partial charge on any atom is -0.367 e. The van der Waals surface area contributed by atoms with Gasteiger partial charge in [-0.25, -0.2) is 9.97 Å². The predicted molar refractivity (Wildman–Crippen MR) is 86.3 cm³/mol. The Kier molecular flexibility index (Phi) is 5.60. The number of halogens is 1. The Hall–Kier alpha value is -1.35. The molecule has 3 nitrogen and oxygen atoms in total. The normalized spacial score (nSPS) is 12.6. The summed E-state index contributed by atoms with van der Waals surface area (Å²) in [6, 6.07) is 7.79. The highest BCUT2D eigenvalue weighted by Crippen LogP contribution is 2.22. The van der Waals surface area contributed by atoms with Crippen LogP contribution in [0.4, 0.5) is 5.82 Å². The largest absolute Gasteiger partial charge is 0.367 e. The van der Waals surface area contributed by atoms with E-state index in [1.54, 1.807) is 0 Å². The van der Waals surface area contributed by atoms with Gasteiger partial charge in [-0.2, -0.15) is 0 Å². The van der Waals surface area contributed by atoms with Gasteiger partial charge in [-0.3, -0.25) is 0 Å². The predicted octanol–water partition coefficient (Wildman–Crippen LogP) is 4.91. The molecular formula is C16H22ClN3. The van der Waals surface area contributed by atoms with Crippen LogP contribution in [0.25, 0.3) is 11.0 Å². The van der Waals surface area contributed by atoms with Gasteiger partial charge < -0.3 is 5.32 Å². The summed E-state index contributed by atoms with van der Waals surface area (Å²) >= 11 is 6.20. The van der Waals surface area contributed by atoms with Gasteiger partial charge in [-0.1, -0.05) is 56.8 Å². The summed E-state index contributed by atoms with van der Waals surface area (Å²) in [5.41, 5.74) is 1.71. The summed E-state index contributed by atoms with van der Waals surface area (Å²) in [6.07, 6.45) is 4.94. The van der Waals surface area contributed by atoms with E-state index in [2.05, 4.69) is 29.1 Å². The number of rotatable bonds is 7. The lowest BCUT2D eigenvalue weighted by Gasteiger charge is -2.16. The molecule has 4 heteroatoms. The van der Waals surface area contributed by atoms with E-state index >= 15 is 0 Å². The smallest absolute Gasteiger partial charge is 0.172 e. The average Bonchev–Trinajstić information content (AvgIpc) is 2.47. The Morgan fingerprint density at radius 2 is 1.85 bits per heavy atom. The number of nitrogens with one attached hydrogen (secondary N) is 1. The molecule has 0 radical (unpaired) electrons. The lowest BCUT2D eigenvalue weighted by molar-refractivity contribution is 0.472. The van der Waals surface area contributed by atoms with Crippen LogP contribution in [0, 0.1) is 5.92 Å². The molecule has 2 aromatic rings. The molecule has 0 saturated carbocycles. The van der Waals surface area contributed by atoms with Gasteiger partial charge in [-0.15, -0.1) is 0 Å². The lowest BCUT2D eigenvalue weighted by atomic mass is 9.99. The number of benzene rings is 1. The second-order valence-electron chi connectivity index (χ2n) is 5.15. The van der Waals surface area contributed by atoms with Crippen LogP contribution in [0.3, 0.4) is 0 Å². The maximum atomic E-state index is 6.20. The quantitative estimate of drug-likeness (QED) is 0.787. The van der Waals surface area contributed by atoms with Crippen molar-refractivity contribution < 1.29 is 0 Å². The molecule has 0 amide bonds. The Bertz CT molecular complexity index is 556. The number of hydrogen-bond donors (Lipinski definition) is 1. The molecule has 0 aliphatic rings. The highest BCUT2D eigenvalue weighted by atomic mass is 35.5. The second kappa shape index (κ2) is 7.44. The van der Waals surface area contributed by atoms with Crippen molar-refractivity contribution in [3.8, 4) is 0 Å². The number of nitrogens with zero attached hydrogens (tertiary/aromatic N) is 2. The molecule has 0 fully saturated rings. The molecular weight excluding hydrogens is 270 g/mol. The lowest BCUT2D eigenvalue weighted by Crippen LogP contribution is -2.15. The number of para-hydroxylation sites is 2. The van der Waals surface area contributed by atoms with Crippen LogP contribution in [0.1, 0.15) is 39.5 Å². The van der Waals surface area contributed by atoms with E-state index in [1.165, 1.54) is 25.7 Å². The van der Waals surface area contributed by atoms with Gasteiger partial charge in [0.05, 0.1) is 11.0 Å². The van der Waals surface area contributed by atoms with Gasteiger partial charge in [0.2, 0.25) is 0 Å². The molecule has 0 saturated heterocycles. The third kappa shape index (κ3) is 3.83. The third-order valence-corrected chi connectivity index (χ3v) is 3.89. The monoisotopic (exact) mass is 291 g/mol. The first-order valence-corrected chi connectivity index (χ1v) is 7.78. The summed E-state index contributed by atoms with van der Waals surface area (Å²) in [4.78, 5) is 8.94. The van der Waals surface area contributed by atoms with E-state index in [0.29, 0.717) is 16.9 Å². The molecule has 0 bridgehead atoms. The average molecular weight is 292 g/mol. The fraction of sp³-hybridized carbons (Fsp3) is 0.500. The van der Waals surface area contributed by atoms with E-state index < -0.39 is 0 Å². The second-order valence-corrected chi connectivity index (χ2v) is 5.51. The summed E-state index contributed by atoms with van der Waals surface area (Å²) in [5, 5.41) is 3.81. The summed E-state index contributed by atoms with van der Waals surface area (Å²) in [7, 11) is 0. The van der Waals surface area contributed by atoms with Crippen molar-refractivity contribution in [1.29, 1.82) is 0 Å².